The van der Waals surface area contributed by atoms with Crippen LogP contribution in [0.2, 0.25) is 0 Å². The average Bonchev–Trinajstić information content (AvgIpc) is 3.21. The molecule has 1 N–H and O–H groups in total. The van der Waals surface area contributed by atoms with Crippen LogP contribution in [0, 0.1) is 0 Å². The highest BCUT2D eigenvalue weighted by Crippen LogP contribution is 2.21. The Kier molecular flexibility index (Phi) is 5.93. The van der Waals surface area contributed by atoms with Crippen LogP contribution in [0.3, 0.4) is 0 Å². The number of rotatable bonds is 9. The molecule has 0 aliphatic heterocycles. The van der Waals surface area contributed by atoms with Crippen molar-refractivity contribution in [3.63, 3.8) is 0 Å². The summed E-state index contributed by atoms with van der Waals surface area (Å²) >= 11 is 1.62. The molecule has 0 heterocycles. The van der Waals surface area contributed by atoms with Gasteiger partial charge in [0.1, 0.15) is 0 Å². The minimum absolute atomic E-state index is 0.274. The highest BCUT2D eigenvalue weighted by Gasteiger charge is 2.19. The quantitative estimate of drug-likeness (QED) is 0.712. The van der Waals surface area contributed by atoms with Gasteiger partial charge >= 0.3 is 0 Å². The average molecular weight is 313 g/mol. The second-order valence-corrected chi connectivity index (χ2v) is 8.77. The smallest absolute Gasteiger partial charge is 0.151 e. The third-order valence-corrected chi connectivity index (χ3v) is 6.40. The zero-order valence-electron chi connectivity index (χ0n) is 12.0. The lowest BCUT2D eigenvalue weighted by Gasteiger charge is -2.06. The van der Waals surface area contributed by atoms with Crippen molar-refractivity contribution in [2.75, 3.05) is 17.3 Å². The van der Waals surface area contributed by atoms with Crippen molar-refractivity contribution in [3.05, 3.63) is 29.8 Å². The molecule has 0 aromatic heterocycles. The van der Waals surface area contributed by atoms with Gasteiger partial charge in [0.05, 0.1) is 5.75 Å². The van der Waals surface area contributed by atoms with E-state index < -0.39 is 9.84 Å². The molecule has 5 heteroatoms. The van der Waals surface area contributed by atoms with Gasteiger partial charge in [0, 0.05) is 29.0 Å². The molecule has 1 aliphatic carbocycles. The monoisotopic (exact) mass is 313 g/mol. The molecule has 0 saturated heterocycles. The second-order valence-electron chi connectivity index (χ2n) is 5.30. The summed E-state index contributed by atoms with van der Waals surface area (Å²) in [6.45, 7) is 2.83. The van der Waals surface area contributed by atoms with E-state index in [0.29, 0.717) is 17.9 Å². The zero-order valence-corrected chi connectivity index (χ0v) is 13.6. The van der Waals surface area contributed by atoms with E-state index in [1.807, 2.05) is 6.92 Å². The van der Waals surface area contributed by atoms with Crippen LogP contribution in [0.25, 0.3) is 0 Å². The maximum atomic E-state index is 11.6. The summed E-state index contributed by atoms with van der Waals surface area (Å²) in [6.07, 6.45) is 3.32. The molecule has 0 amide bonds. The molecule has 112 valence electrons. The summed E-state index contributed by atoms with van der Waals surface area (Å²) in [5.41, 5.74) is 1.29. The van der Waals surface area contributed by atoms with Gasteiger partial charge in [-0.05, 0) is 37.0 Å². The van der Waals surface area contributed by atoms with Gasteiger partial charge in [0.15, 0.2) is 9.84 Å². The number of hydrogen-bond donors (Lipinski definition) is 1. The largest absolute Gasteiger partial charge is 0.310 e. The standard InChI is InChI=1S/C15H23NO2S2/c1-2-10-20(17,18)11-9-19-15-7-3-13(4-8-15)12-16-14-5-6-14/h3-4,7-8,14,16H,2,5-6,9-12H2,1H3. The SMILES string of the molecule is CCCS(=O)(=O)CCSc1ccc(CNC2CC2)cc1. The summed E-state index contributed by atoms with van der Waals surface area (Å²) in [6, 6.07) is 9.14. The molecule has 3 nitrogen and oxygen atoms in total. The van der Waals surface area contributed by atoms with Crippen molar-refractivity contribution < 1.29 is 8.42 Å². The molecule has 20 heavy (non-hydrogen) atoms. The van der Waals surface area contributed by atoms with Crippen LogP contribution < -0.4 is 5.32 Å². The van der Waals surface area contributed by atoms with Gasteiger partial charge in [0.25, 0.3) is 0 Å². The van der Waals surface area contributed by atoms with E-state index in [4.69, 9.17) is 0 Å². The Morgan fingerprint density at radius 3 is 2.50 bits per heavy atom. The third kappa shape index (κ3) is 5.85. The van der Waals surface area contributed by atoms with Gasteiger partial charge in [0.2, 0.25) is 0 Å². The molecule has 0 radical (unpaired) electrons. The predicted molar refractivity (Wildman–Crippen MR) is 86.0 cm³/mol. The minimum atomic E-state index is -2.85. The fourth-order valence-corrected chi connectivity index (χ4v) is 4.69. The molecule has 0 bridgehead atoms. The highest BCUT2D eigenvalue weighted by molar-refractivity contribution is 8.00. The molecule has 1 aromatic rings. The molecule has 0 atom stereocenters. The minimum Gasteiger partial charge on any atom is -0.310 e. The van der Waals surface area contributed by atoms with E-state index in [1.54, 1.807) is 11.8 Å². The van der Waals surface area contributed by atoms with E-state index in [0.717, 1.165) is 17.5 Å². The molecule has 0 spiro atoms. The molecule has 1 aliphatic rings. The van der Waals surface area contributed by atoms with Gasteiger partial charge in [-0.3, -0.25) is 0 Å². The van der Waals surface area contributed by atoms with E-state index >= 15 is 0 Å². The first-order valence-electron chi connectivity index (χ1n) is 7.24. The van der Waals surface area contributed by atoms with Gasteiger partial charge < -0.3 is 5.32 Å². The Morgan fingerprint density at radius 2 is 1.90 bits per heavy atom. The summed E-state index contributed by atoms with van der Waals surface area (Å²) in [5, 5.41) is 3.48. The van der Waals surface area contributed by atoms with Crippen molar-refractivity contribution >= 4 is 21.6 Å². The molecule has 1 fully saturated rings. The molecular weight excluding hydrogens is 290 g/mol. The van der Waals surface area contributed by atoms with Gasteiger partial charge in [-0.2, -0.15) is 0 Å². The van der Waals surface area contributed by atoms with E-state index in [1.165, 1.54) is 18.4 Å². The van der Waals surface area contributed by atoms with Gasteiger partial charge in [-0.25, -0.2) is 8.42 Å². The molecule has 1 aromatic carbocycles. The van der Waals surface area contributed by atoms with Gasteiger partial charge in [-0.1, -0.05) is 19.1 Å². The predicted octanol–water partition coefficient (Wildman–Crippen LogP) is 2.86. The normalized spacial score (nSPS) is 15.4. The van der Waals surface area contributed by atoms with Crippen LogP contribution in [-0.2, 0) is 16.4 Å². The fourth-order valence-electron chi connectivity index (χ4n) is 1.95. The molecule has 2 rings (SSSR count). The summed E-state index contributed by atoms with van der Waals surface area (Å²) in [4.78, 5) is 1.15. The first kappa shape index (κ1) is 15.9. The first-order valence-corrected chi connectivity index (χ1v) is 10.1. The lowest BCUT2D eigenvalue weighted by molar-refractivity contribution is 0.596. The maximum absolute atomic E-state index is 11.6. The Balaban J connectivity index is 1.72. The Bertz CT molecular complexity index is 507. The van der Waals surface area contributed by atoms with Gasteiger partial charge in [-0.15, -0.1) is 11.8 Å². The zero-order chi connectivity index (χ0) is 14.4. The lowest BCUT2D eigenvalue weighted by Crippen LogP contribution is -2.15. The Labute approximate surface area is 126 Å². The fraction of sp³-hybridized carbons (Fsp3) is 0.600. The van der Waals surface area contributed by atoms with Crippen LogP contribution in [0.5, 0.6) is 0 Å². The summed E-state index contributed by atoms with van der Waals surface area (Å²) in [7, 11) is -2.85. The third-order valence-electron chi connectivity index (χ3n) is 3.27. The number of hydrogen-bond acceptors (Lipinski definition) is 4. The first-order chi connectivity index (χ1) is 9.59. The lowest BCUT2D eigenvalue weighted by atomic mass is 10.2. The molecular formula is C15H23NO2S2. The topological polar surface area (TPSA) is 46.2 Å². The van der Waals surface area contributed by atoms with Crippen LogP contribution in [0.15, 0.2) is 29.2 Å². The Hall–Kier alpha value is -0.520. The molecule has 1 saturated carbocycles. The maximum Gasteiger partial charge on any atom is 0.151 e. The van der Waals surface area contributed by atoms with E-state index in [-0.39, 0.29) is 5.75 Å². The van der Waals surface area contributed by atoms with Crippen molar-refractivity contribution in [1.82, 2.24) is 5.32 Å². The summed E-state index contributed by atoms with van der Waals surface area (Å²) in [5.74, 6) is 1.22. The second kappa shape index (κ2) is 7.48. The van der Waals surface area contributed by atoms with Crippen molar-refractivity contribution in [2.24, 2.45) is 0 Å². The Morgan fingerprint density at radius 1 is 1.20 bits per heavy atom. The van der Waals surface area contributed by atoms with E-state index in [9.17, 15) is 8.42 Å². The molecule has 0 unspecified atom stereocenters. The number of nitrogens with one attached hydrogen (secondary N) is 1. The van der Waals surface area contributed by atoms with Crippen LogP contribution in [0.1, 0.15) is 31.7 Å². The number of benzene rings is 1. The van der Waals surface area contributed by atoms with Crippen molar-refractivity contribution in [3.8, 4) is 0 Å². The highest BCUT2D eigenvalue weighted by atomic mass is 32.2. The van der Waals surface area contributed by atoms with Crippen molar-refractivity contribution in [2.45, 2.75) is 43.7 Å². The van der Waals surface area contributed by atoms with Crippen LogP contribution in [-0.4, -0.2) is 31.7 Å². The number of sulfone groups is 1. The van der Waals surface area contributed by atoms with Crippen molar-refractivity contribution in [1.29, 1.82) is 0 Å². The van der Waals surface area contributed by atoms with E-state index in [2.05, 4.69) is 29.6 Å². The number of thioether (sulfide) groups is 1. The van der Waals surface area contributed by atoms with Crippen LogP contribution >= 0.6 is 11.8 Å². The summed E-state index contributed by atoms with van der Waals surface area (Å²) < 4.78 is 23.2. The van der Waals surface area contributed by atoms with Crippen LogP contribution in [0.4, 0.5) is 0 Å².